The lowest BCUT2D eigenvalue weighted by molar-refractivity contribution is -0.418. The van der Waals surface area contributed by atoms with Crippen molar-refractivity contribution in [3.8, 4) is 0 Å². The first-order valence-electron chi connectivity index (χ1n) is 2.88. The van der Waals surface area contributed by atoms with Crippen LogP contribution in [0, 0.1) is 0 Å². The minimum absolute atomic E-state index is 0. The molecule has 0 bridgehead atoms. The summed E-state index contributed by atoms with van der Waals surface area (Å²) in [6.07, 6.45) is 0. The molecule has 0 aliphatic carbocycles. The summed E-state index contributed by atoms with van der Waals surface area (Å²) in [4.78, 5) is 3.08. The quantitative estimate of drug-likeness (QED) is 0.484. The van der Waals surface area contributed by atoms with Crippen molar-refractivity contribution in [3.05, 3.63) is 0 Å². The third kappa shape index (κ3) is 2.80. The number of rotatable bonds is 1. The van der Waals surface area contributed by atoms with Crippen molar-refractivity contribution in [2.45, 2.75) is 5.25 Å². The molecule has 60 valence electrons. The van der Waals surface area contributed by atoms with E-state index in [9.17, 15) is 0 Å². The van der Waals surface area contributed by atoms with Crippen LogP contribution in [0.5, 0.6) is 0 Å². The zero-order chi connectivity index (χ0) is 6.69. The van der Waals surface area contributed by atoms with Crippen molar-refractivity contribution in [3.63, 3.8) is 0 Å². The van der Waals surface area contributed by atoms with Crippen LogP contribution in [0.4, 0.5) is 0 Å². The Hall–Kier alpha value is 0.780. The van der Waals surface area contributed by atoms with Crippen LogP contribution in [0.3, 0.4) is 0 Å². The molecule has 1 fully saturated rings. The van der Waals surface area contributed by atoms with Gasteiger partial charge in [0, 0.05) is 5.33 Å². The van der Waals surface area contributed by atoms with Crippen LogP contribution < -0.4 is 27.3 Å². The van der Waals surface area contributed by atoms with Crippen LogP contribution in [0.2, 0.25) is 0 Å². The Morgan fingerprint density at radius 1 is 1.90 bits per heavy atom. The molecule has 5 heteroatoms. The van der Waals surface area contributed by atoms with E-state index in [-0.39, 0.29) is 17.0 Å². The maximum atomic E-state index is 3.43. The van der Waals surface area contributed by atoms with E-state index in [1.807, 2.05) is 18.8 Å². The van der Waals surface area contributed by atoms with Gasteiger partial charge in [-0.1, -0.05) is 15.9 Å². The van der Waals surface area contributed by atoms with Gasteiger partial charge in [0.2, 0.25) is 0 Å². The van der Waals surface area contributed by atoms with Crippen molar-refractivity contribution in [2.24, 2.45) is 0 Å². The van der Waals surface area contributed by atoms with E-state index in [2.05, 4.69) is 26.2 Å². The van der Waals surface area contributed by atoms with Gasteiger partial charge in [0.15, 0.2) is 0 Å². The summed E-state index contributed by atoms with van der Waals surface area (Å²) >= 11 is 5.29. The molecule has 0 radical (unpaired) electrons. The Balaban J connectivity index is 0.000000810. The third-order valence-corrected chi connectivity index (χ3v) is 3.63. The highest BCUT2D eigenvalue weighted by atomic mass is 79.9. The highest BCUT2D eigenvalue weighted by Crippen LogP contribution is 2.16. The molecular weight excluding hydrogens is 280 g/mol. The molecule has 0 saturated carbocycles. The van der Waals surface area contributed by atoms with Crippen molar-refractivity contribution in [2.75, 3.05) is 18.9 Å². The zero-order valence-electron chi connectivity index (χ0n) is 5.66. The predicted molar refractivity (Wildman–Crippen MR) is 45.1 cm³/mol. The average molecular weight is 290 g/mol. The molecule has 1 atom stereocenters. The third-order valence-electron chi connectivity index (χ3n) is 1.17. The van der Waals surface area contributed by atoms with Gasteiger partial charge < -0.3 is 17.0 Å². The van der Waals surface area contributed by atoms with Gasteiger partial charge in [0.25, 0.3) is 0 Å². The molecule has 0 spiro atoms. The van der Waals surface area contributed by atoms with Crippen LogP contribution in [0.25, 0.3) is 0 Å². The van der Waals surface area contributed by atoms with E-state index in [1.165, 1.54) is 5.17 Å². The van der Waals surface area contributed by atoms with E-state index >= 15 is 0 Å². The highest BCUT2D eigenvalue weighted by Gasteiger charge is 2.24. The SMILES string of the molecule is C[NH+]=C1NCC(CBr)S1.[Br-]. The lowest BCUT2D eigenvalue weighted by Crippen LogP contribution is -3.00. The Bertz CT molecular complexity index is 129. The van der Waals surface area contributed by atoms with Gasteiger partial charge in [-0.15, -0.1) is 0 Å². The van der Waals surface area contributed by atoms with Gasteiger partial charge in [-0.2, -0.15) is 0 Å². The van der Waals surface area contributed by atoms with Crippen molar-refractivity contribution in [1.29, 1.82) is 0 Å². The minimum Gasteiger partial charge on any atom is -1.00 e. The van der Waals surface area contributed by atoms with Crippen molar-refractivity contribution in [1.82, 2.24) is 5.32 Å². The molecular formula is C5H10Br2N2S. The van der Waals surface area contributed by atoms with E-state index < -0.39 is 0 Å². The van der Waals surface area contributed by atoms with Crippen molar-refractivity contribution >= 4 is 32.9 Å². The lowest BCUT2D eigenvalue weighted by Gasteiger charge is -1.92. The number of amidine groups is 1. The molecule has 1 aliphatic rings. The summed E-state index contributed by atoms with van der Waals surface area (Å²) in [5, 5.41) is 6.21. The minimum atomic E-state index is 0. The van der Waals surface area contributed by atoms with Gasteiger partial charge >= 0.3 is 5.17 Å². The summed E-state index contributed by atoms with van der Waals surface area (Å²) in [5.74, 6) is 0. The second-order valence-corrected chi connectivity index (χ2v) is 3.81. The molecule has 1 unspecified atom stereocenters. The first-order valence-corrected chi connectivity index (χ1v) is 4.88. The zero-order valence-corrected chi connectivity index (χ0v) is 9.64. The van der Waals surface area contributed by atoms with Crippen molar-refractivity contribution < 1.29 is 22.0 Å². The standard InChI is InChI=1S/C5H9BrN2S.BrH/c1-7-5-8-3-4(2-6)9-5;/h4H,2-3H2,1H3,(H,7,8);1H. The fourth-order valence-corrected chi connectivity index (χ4v) is 2.16. The van der Waals surface area contributed by atoms with Crippen LogP contribution in [-0.2, 0) is 0 Å². The van der Waals surface area contributed by atoms with Gasteiger partial charge in [0.1, 0.15) is 0 Å². The highest BCUT2D eigenvalue weighted by molar-refractivity contribution is 9.09. The van der Waals surface area contributed by atoms with Crippen LogP contribution in [0.15, 0.2) is 0 Å². The number of nitrogens with one attached hydrogen (secondary N) is 2. The summed E-state index contributed by atoms with van der Waals surface area (Å²) in [6, 6.07) is 0. The predicted octanol–water partition coefficient (Wildman–Crippen LogP) is -3.84. The molecule has 1 heterocycles. The summed E-state index contributed by atoms with van der Waals surface area (Å²) in [5.41, 5.74) is 0. The fourth-order valence-electron chi connectivity index (χ4n) is 0.690. The van der Waals surface area contributed by atoms with Gasteiger partial charge in [-0.25, -0.2) is 0 Å². The van der Waals surface area contributed by atoms with E-state index in [1.54, 1.807) is 0 Å². The molecule has 0 aromatic heterocycles. The van der Waals surface area contributed by atoms with Gasteiger partial charge in [0.05, 0.1) is 18.8 Å². The maximum Gasteiger partial charge on any atom is 0.304 e. The Labute approximate surface area is 84.1 Å². The number of thioether (sulfide) groups is 1. The van der Waals surface area contributed by atoms with E-state index in [0.29, 0.717) is 5.25 Å². The molecule has 2 nitrogen and oxygen atoms in total. The molecule has 1 aliphatic heterocycles. The summed E-state index contributed by atoms with van der Waals surface area (Å²) in [7, 11) is 1.94. The van der Waals surface area contributed by atoms with Crippen LogP contribution in [0.1, 0.15) is 0 Å². The monoisotopic (exact) mass is 288 g/mol. The maximum absolute atomic E-state index is 3.43. The van der Waals surface area contributed by atoms with E-state index in [0.717, 1.165) is 11.9 Å². The van der Waals surface area contributed by atoms with Gasteiger partial charge in [-0.05, 0) is 11.8 Å². The Morgan fingerprint density at radius 3 is 2.90 bits per heavy atom. The summed E-state index contributed by atoms with van der Waals surface area (Å²) < 4.78 is 0. The molecule has 10 heavy (non-hydrogen) atoms. The molecule has 2 N–H and O–H groups in total. The number of hydrogen-bond donors (Lipinski definition) is 2. The first-order chi connectivity index (χ1) is 4.36. The first kappa shape index (κ1) is 10.8. The average Bonchev–Trinajstić information content (AvgIpc) is 2.34. The topological polar surface area (TPSA) is 26.0 Å². The molecule has 0 aromatic rings. The largest absolute Gasteiger partial charge is 1.00 e. The number of alkyl halides is 1. The molecule has 1 saturated heterocycles. The Kier molecular flexibility index (Phi) is 5.86. The molecule has 0 aromatic carbocycles. The smallest absolute Gasteiger partial charge is 0.304 e. The van der Waals surface area contributed by atoms with Crippen LogP contribution in [-0.4, -0.2) is 29.3 Å². The fraction of sp³-hybridized carbons (Fsp3) is 0.800. The normalized spacial score (nSPS) is 27.8. The van der Waals surface area contributed by atoms with Crippen LogP contribution >= 0.6 is 27.7 Å². The number of hydrogen-bond acceptors (Lipinski definition) is 1. The summed E-state index contributed by atoms with van der Waals surface area (Å²) in [6.45, 7) is 1.08. The van der Waals surface area contributed by atoms with Gasteiger partial charge in [-0.3, -0.25) is 10.3 Å². The number of halogens is 2. The Morgan fingerprint density at radius 2 is 2.60 bits per heavy atom. The molecule has 0 amide bonds. The lowest BCUT2D eigenvalue weighted by atomic mass is 10.5. The molecule has 1 rings (SSSR count). The second kappa shape index (κ2) is 5.43. The second-order valence-electron chi connectivity index (χ2n) is 1.85. The van der Waals surface area contributed by atoms with E-state index in [4.69, 9.17) is 0 Å².